The number of nitrogens with zero attached hydrogens (tertiary/aromatic N) is 1. The van der Waals surface area contributed by atoms with Gasteiger partial charge >= 0.3 is 0 Å². The van der Waals surface area contributed by atoms with Crippen molar-refractivity contribution in [3.05, 3.63) is 29.6 Å². The molecular weight excluding hydrogens is 249 g/mol. The molecule has 0 N–H and O–H groups in total. The summed E-state index contributed by atoms with van der Waals surface area (Å²) in [7, 11) is 1.39. The first-order valence-corrected chi connectivity index (χ1v) is 6.37. The Kier molecular flexibility index (Phi) is 4.50. The summed E-state index contributed by atoms with van der Waals surface area (Å²) in [4.78, 5) is 14.4. The predicted molar refractivity (Wildman–Crippen MR) is 69.1 cm³/mol. The SMILES string of the molecule is CCN1CCOC(C(=O)c2ccc(OC)c(F)c2)C1. The van der Waals surface area contributed by atoms with E-state index in [1.54, 1.807) is 6.07 Å². The minimum Gasteiger partial charge on any atom is -0.494 e. The Morgan fingerprint density at radius 3 is 3.00 bits per heavy atom. The molecule has 1 aliphatic rings. The maximum absolute atomic E-state index is 13.6. The molecule has 0 bridgehead atoms. The molecule has 1 atom stereocenters. The number of hydrogen-bond acceptors (Lipinski definition) is 4. The number of ether oxygens (including phenoxy) is 2. The van der Waals surface area contributed by atoms with Crippen LogP contribution in [0.5, 0.6) is 5.75 Å². The summed E-state index contributed by atoms with van der Waals surface area (Å²) < 4.78 is 23.9. The largest absolute Gasteiger partial charge is 0.494 e. The van der Waals surface area contributed by atoms with Gasteiger partial charge in [0.25, 0.3) is 0 Å². The number of hydrogen-bond donors (Lipinski definition) is 0. The van der Waals surface area contributed by atoms with Crippen molar-refractivity contribution in [2.24, 2.45) is 0 Å². The summed E-state index contributed by atoms with van der Waals surface area (Å²) in [6.07, 6.45) is -0.513. The molecule has 1 fully saturated rings. The Labute approximate surface area is 112 Å². The third-order valence-electron chi connectivity index (χ3n) is 3.33. The lowest BCUT2D eigenvalue weighted by molar-refractivity contribution is -0.0148. The molecule has 19 heavy (non-hydrogen) atoms. The van der Waals surface area contributed by atoms with E-state index in [0.29, 0.717) is 18.7 Å². The number of morpholine rings is 1. The fourth-order valence-corrected chi connectivity index (χ4v) is 2.15. The highest BCUT2D eigenvalue weighted by Gasteiger charge is 2.27. The van der Waals surface area contributed by atoms with Gasteiger partial charge in [0.15, 0.2) is 17.3 Å². The van der Waals surface area contributed by atoms with Gasteiger partial charge in [-0.2, -0.15) is 0 Å². The molecule has 2 rings (SSSR count). The highest BCUT2D eigenvalue weighted by Crippen LogP contribution is 2.20. The number of halogens is 1. The van der Waals surface area contributed by atoms with Gasteiger partial charge in [-0.05, 0) is 24.7 Å². The minimum absolute atomic E-state index is 0.135. The second kappa shape index (κ2) is 6.12. The Balaban J connectivity index is 2.12. The molecule has 0 aliphatic carbocycles. The fraction of sp³-hybridized carbons (Fsp3) is 0.500. The van der Waals surface area contributed by atoms with Crippen LogP contribution in [0.15, 0.2) is 18.2 Å². The van der Waals surface area contributed by atoms with E-state index in [9.17, 15) is 9.18 Å². The number of benzene rings is 1. The third-order valence-corrected chi connectivity index (χ3v) is 3.33. The molecular formula is C14H18FNO3. The van der Waals surface area contributed by atoms with Gasteiger partial charge in [0.2, 0.25) is 0 Å². The zero-order chi connectivity index (χ0) is 13.8. The van der Waals surface area contributed by atoms with E-state index in [2.05, 4.69) is 4.90 Å². The van der Waals surface area contributed by atoms with Crippen molar-refractivity contribution in [1.82, 2.24) is 4.90 Å². The summed E-state index contributed by atoms with van der Waals surface area (Å²) in [5.74, 6) is -0.576. The van der Waals surface area contributed by atoms with Crippen LogP contribution in [0.1, 0.15) is 17.3 Å². The summed E-state index contributed by atoms with van der Waals surface area (Å²) in [6.45, 7) is 4.84. The molecule has 0 spiro atoms. The van der Waals surface area contributed by atoms with E-state index in [0.717, 1.165) is 13.1 Å². The topological polar surface area (TPSA) is 38.8 Å². The van der Waals surface area contributed by atoms with E-state index in [1.807, 2.05) is 6.92 Å². The van der Waals surface area contributed by atoms with Crippen molar-refractivity contribution in [2.45, 2.75) is 13.0 Å². The second-order valence-corrected chi connectivity index (χ2v) is 4.47. The molecule has 0 saturated carbocycles. The highest BCUT2D eigenvalue weighted by molar-refractivity contribution is 5.99. The number of rotatable bonds is 4. The van der Waals surface area contributed by atoms with Gasteiger partial charge in [-0.1, -0.05) is 6.92 Å². The molecule has 104 valence electrons. The first kappa shape index (κ1) is 14.0. The lowest BCUT2D eigenvalue weighted by Crippen LogP contribution is -2.45. The normalized spacial score (nSPS) is 20.3. The molecule has 0 amide bonds. The average Bonchev–Trinajstić information content (AvgIpc) is 2.46. The third kappa shape index (κ3) is 3.11. The molecule has 1 heterocycles. The molecule has 1 unspecified atom stereocenters. The van der Waals surface area contributed by atoms with Crippen molar-refractivity contribution in [3.63, 3.8) is 0 Å². The fourth-order valence-electron chi connectivity index (χ4n) is 2.15. The Hall–Kier alpha value is -1.46. The molecule has 1 aromatic carbocycles. The monoisotopic (exact) mass is 267 g/mol. The number of ketones is 1. The first-order valence-electron chi connectivity index (χ1n) is 6.37. The zero-order valence-corrected chi connectivity index (χ0v) is 11.2. The van der Waals surface area contributed by atoms with Crippen LogP contribution in [0.4, 0.5) is 4.39 Å². The minimum atomic E-state index is -0.531. The number of carbonyl (C=O) groups is 1. The maximum atomic E-state index is 13.6. The van der Waals surface area contributed by atoms with Crippen LogP contribution in [0.2, 0.25) is 0 Å². The van der Waals surface area contributed by atoms with Crippen molar-refractivity contribution in [2.75, 3.05) is 33.4 Å². The van der Waals surface area contributed by atoms with Crippen molar-refractivity contribution >= 4 is 5.78 Å². The highest BCUT2D eigenvalue weighted by atomic mass is 19.1. The van der Waals surface area contributed by atoms with Crippen LogP contribution in [-0.4, -0.2) is 50.1 Å². The lowest BCUT2D eigenvalue weighted by atomic mass is 10.0. The number of Topliss-reactive ketones (excluding diaryl/α,β-unsaturated/α-hetero) is 1. The van der Waals surface area contributed by atoms with E-state index in [1.165, 1.54) is 19.2 Å². The summed E-state index contributed by atoms with van der Waals surface area (Å²) in [6, 6.07) is 4.23. The first-order chi connectivity index (χ1) is 9.15. The van der Waals surface area contributed by atoms with Crippen molar-refractivity contribution in [3.8, 4) is 5.75 Å². The number of carbonyl (C=O) groups excluding carboxylic acids is 1. The van der Waals surface area contributed by atoms with E-state index in [-0.39, 0.29) is 11.5 Å². The van der Waals surface area contributed by atoms with Gasteiger partial charge < -0.3 is 9.47 Å². The Bertz CT molecular complexity index is 464. The van der Waals surface area contributed by atoms with E-state index < -0.39 is 11.9 Å². The van der Waals surface area contributed by atoms with Gasteiger partial charge in [0, 0.05) is 18.7 Å². The standard InChI is InChI=1S/C14H18FNO3/c1-3-16-6-7-19-13(9-16)14(17)10-4-5-12(18-2)11(15)8-10/h4-5,8,13H,3,6-7,9H2,1-2H3. The Morgan fingerprint density at radius 1 is 1.58 bits per heavy atom. The van der Waals surface area contributed by atoms with Gasteiger partial charge in [0.05, 0.1) is 13.7 Å². The van der Waals surface area contributed by atoms with Gasteiger partial charge in [-0.15, -0.1) is 0 Å². The summed E-state index contributed by atoms with van der Waals surface area (Å²) >= 11 is 0. The molecule has 1 aromatic rings. The molecule has 0 radical (unpaired) electrons. The van der Waals surface area contributed by atoms with Crippen LogP contribution >= 0.6 is 0 Å². The van der Waals surface area contributed by atoms with Gasteiger partial charge in [-0.3, -0.25) is 9.69 Å². The van der Waals surface area contributed by atoms with E-state index in [4.69, 9.17) is 9.47 Å². The van der Waals surface area contributed by atoms with Crippen LogP contribution in [-0.2, 0) is 4.74 Å². The van der Waals surface area contributed by atoms with Crippen LogP contribution in [0.25, 0.3) is 0 Å². The van der Waals surface area contributed by atoms with Gasteiger partial charge in [0.1, 0.15) is 6.10 Å². The quantitative estimate of drug-likeness (QED) is 0.779. The second-order valence-electron chi connectivity index (χ2n) is 4.47. The average molecular weight is 267 g/mol. The van der Waals surface area contributed by atoms with Crippen molar-refractivity contribution < 1.29 is 18.7 Å². The number of likely N-dealkylation sites (N-methyl/N-ethyl adjacent to an activating group) is 1. The van der Waals surface area contributed by atoms with Crippen molar-refractivity contribution in [1.29, 1.82) is 0 Å². The van der Waals surface area contributed by atoms with Crippen LogP contribution in [0, 0.1) is 5.82 Å². The molecule has 5 heteroatoms. The number of methoxy groups -OCH3 is 1. The zero-order valence-electron chi connectivity index (χ0n) is 11.2. The molecule has 4 nitrogen and oxygen atoms in total. The molecule has 1 saturated heterocycles. The lowest BCUT2D eigenvalue weighted by Gasteiger charge is -2.31. The predicted octanol–water partition coefficient (Wildman–Crippen LogP) is 1.74. The Morgan fingerprint density at radius 2 is 2.37 bits per heavy atom. The smallest absolute Gasteiger partial charge is 0.192 e. The van der Waals surface area contributed by atoms with Crippen LogP contribution < -0.4 is 4.74 Å². The maximum Gasteiger partial charge on any atom is 0.192 e. The summed E-state index contributed by atoms with van der Waals surface area (Å²) in [5.41, 5.74) is 0.321. The van der Waals surface area contributed by atoms with Crippen LogP contribution in [0.3, 0.4) is 0 Å². The molecule has 0 aromatic heterocycles. The molecule has 1 aliphatic heterocycles. The summed E-state index contributed by atoms with van der Waals surface area (Å²) in [5, 5.41) is 0. The van der Waals surface area contributed by atoms with Gasteiger partial charge in [-0.25, -0.2) is 4.39 Å². The van der Waals surface area contributed by atoms with E-state index >= 15 is 0 Å².